The van der Waals surface area contributed by atoms with E-state index in [0.29, 0.717) is 5.56 Å². The van der Waals surface area contributed by atoms with Crippen molar-refractivity contribution in [3.8, 4) is 0 Å². The van der Waals surface area contributed by atoms with Crippen LogP contribution in [0.2, 0.25) is 0 Å². The van der Waals surface area contributed by atoms with E-state index in [1.54, 1.807) is 12.1 Å². The summed E-state index contributed by atoms with van der Waals surface area (Å²) < 4.78 is 17.9. The SMILES string of the molecule is O=C(O)CCC(CP(=O)(O)OCc1ccc(I)cc1)C(=O)O. The Morgan fingerprint density at radius 2 is 1.82 bits per heavy atom. The average Bonchev–Trinajstić information content (AvgIpc) is 2.42. The largest absolute Gasteiger partial charge is 0.481 e. The molecule has 0 aliphatic rings. The van der Waals surface area contributed by atoms with Crippen LogP contribution in [-0.2, 0) is 25.3 Å². The first-order valence-electron chi connectivity index (χ1n) is 6.35. The zero-order valence-electron chi connectivity index (χ0n) is 11.5. The van der Waals surface area contributed by atoms with Crippen molar-refractivity contribution in [3.63, 3.8) is 0 Å². The number of carboxylic acid groups (broad SMARTS) is 2. The van der Waals surface area contributed by atoms with Gasteiger partial charge in [0, 0.05) is 9.99 Å². The minimum absolute atomic E-state index is 0.115. The number of carbonyl (C=O) groups is 2. The zero-order chi connectivity index (χ0) is 16.8. The summed E-state index contributed by atoms with van der Waals surface area (Å²) in [6, 6.07) is 7.10. The Balaban J connectivity index is 2.59. The molecule has 0 radical (unpaired) electrons. The molecular formula is C13H16IO7P. The number of hydrogen-bond donors (Lipinski definition) is 3. The molecule has 0 heterocycles. The molecule has 0 aliphatic carbocycles. The Bertz CT molecular complexity index is 572. The van der Waals surface area contributed by atoms with Crippen molar-refractivity contribution >= 4 is 42.1 Å². The number of aliphatic carboxylic acids is 2. The molecule has 0 fully saturated rings. The van der Waals surface area contributed by atoms with Crippen molar-refractivity contribution in [1.29, 1.82) is 0 Å². The first-order valence-corrected chi connectivity index (χ1v) is 9.19. The molecule has 1 rings (SSSR count). The summed E-state index contributed by atoms with van der Waals surface area (Å²) >= 11 is 2.12. The monoisotopic (exact) mass is 442 g/mol. The van der Waals surface area contributed by atoms with Gasteiger partial charge in [-0.15, -0.1) is 0 Å². The third-order valence-electron chi connectivity index (χ3n) is 2.85. The number of hydrogen-bond acceptors (Lipinski definition) is 4. The van der Waals surface area contributed by atoms with Gasteiger partial charge in [0.05, 0.1) is 18.7 Å². The van der Waals surface area contributed by atoms with E-state index in [0.717, 1.165) is 3.57 Å². The smallest absolute Gasteiger partial charge is 0.329 e. The second-order valence-electron chi connectivity index (χ2n) is 4.69. The molecule has 0 bridgehead atoms. The molecule has 9 heteroatoms. The van der Waals surface area contributed by atoms with Crippen LogP contribution in [0.4, 0.5) is 0 Å². The highest BCUT2D eigenvalue weighted by Crippen LogP contribution is 2.45. The van der Waals surface area contributed by atoms with Gasteiger partial charge in [0.2, 0.25) is 0 Å². The van der Waals surface area contributed by atoms with Crippen molar-refractivity contribution in [1.82, 2.24) is 0 Å². The van der Waals surface area contributed by atoms with E-state index in [2.05, 4.69) is 22.6 Å². The van der Waals surface area contributed by atoms with Crippen LogP contribution in [0, 0.1) is 9.49 Å². The lowest BCUT2D eigenvalue weighted by molar-refractivity contribution is -0.142. The van der Waals surface area contributed by atoms with Gasteiger partial charge in [-0.1, -0.05) is 12.1 Å². The zero-order valence-corrected chi connectivity index (χ0v) is 14.6. The van der Waals surface area contributed by atoms with Crippen molar-refractivity contribution < 1.29 is 33.8 Å². The third-order valence-corrected chi connectivity index (χ3v) is 5.01. The van der Waals surface area contributed by atoms with Crippen LogP contribution in [0.1, 0.15) is 18.4 Å². The van der Waals surface area contributed by atoms with Gasteiger partial charge in [-0.3, -0.25) is 14.2 Å². The fourth-order valence-corrected chi connectivity index (χ4v) is 3.39. The topological polar surface area (TPSA) is 121 Å². The number of rotatable bonds is 9. The van der Waals surface area contributed by atoms with E-state index in [4.69, 9.17) is 14.7 Å². The Morgan fingerprint density at radius 1 is 1.23 bits per heavy atom. The second kappa shape index (κ2) is 8.61. The Morgan fingerprint density at radius 3 is 2.32 bits per heavy atom. The molecule has 0 aromatic heterocycles. The fraction of sp³-hybridized carbons (Fsp3) is 0.385. The molecule has 0 saturated heterocycles. The molecule has 0 saturated carbocycles. The van der Waals surface area contributed by atoms with Crippen molar-refractivity contribution in [2.24, 2.45) is 5.92 Å². The van der Waals surface area contributed by atoms with E-state index < -0.39 is 31.6 Å². The second-order valence-corrected chi connectivity index (χ2v) is 7.83. The summed E-state index contributed by atoms with van der Waals surface area (Å²) in [6.07, 6.45) is -1.21. The highest BCUT2D eigenvalue weighted by molar-refractivity contribution is 14.1. The van der Waals surface area contributed by atoms with Crippen LogP contribution in [0.15, 0.2) is 24.3 Å². The molecule has 22 heavy (non-hydrogen) atoms. The first kappa shape index (κ1) is 19.1. The average molecular weight is 442 g/mol. The predicted octanol–water partition coefficient (Wildman–Crippen LogP) is 2.56. The highest BCUT2D eigenvalue weighted by atomic mass is 127. The van der Waals surface area contributed by atoms with Gasteiger partial charge in [-0.05, 0) is 46.7 Å². The lowest BCUT2D eigenvalue weighted by atomic mass is 10.1. The van der Waals surface area contributed by atoms with Gasteiger partial charge < -0.3 is 19.6 Å². The van der Waals surface area contributed by atoms with Crippen LogP contribution in [0.25, 0.3) is 0 Å². The quantitative estimate of drug-likeness (QED) is 0.397. The normalized spacial score (nSPS) is 15.0. The molecule has 1 aromatic rings. The minimum Gasteiger partial charge on any atom is -0.481 e. The summed E-state index contributed by atoms with van der Waals surface area (Å²) in [4.78, 5) is 31.2. The Hall–Kier alpha value is -0.960. The maximum absolute atomic E-state index is 11.9. The summed E-state index contributed by atoms with van der Waals surface area (Å²) in [7, 11) is -4.12. The predicted molar refractivity (Wildman–Crippen MR) is 86.6 cm³/mol. The van der Waals surface area contributed by atoms with Crippen LogP contribution in [-0.4, -0.2) is 33.2 Å². The molecule has 0 aliphatic heterocycles. The summed E-state index contributed by atoms with van der Waals surface area (Å²) in [5.74, 6) is -3.70. The molecule has 0 spiro atoms. The van der Waals surface area contributed by atoms with Crippen LogP contribution in [0.5, 0.6) is 0 Å². The minimum atomic E-state index is -4.12. The van der Waals surface area contributed by atoms with Crippen molar-refractivity contribution in [3.05, 3.63) is 33.4 Å². The van der Waals surface area contributed by atoms with Gasteiger partial charge in [0.15, 0.2) is 0 Å². The summed E-state index contributed by atoms with van der Waals surface area (Å²) in [5, 5.41) is 17.5. The molecule has 3 N–H and O–H groups in total. The van der Waals surface area contributed by atoms with Crippen LogP contribution >= 0.6 is 30.2 Å². The number of carboxylic acids is 2. The maximum atomic E-state index is 11.9. The van der Waals surface area contributed by atoms with Crippen molar-refractivity contribution in [2.45, 2.75) is 19.4 Å². The molecule has 0 amide bonds. The van der Waals surface area contributed by atoms with Crippen molar-refractivity contribution in [2.75, 3.05) is 6.16 Å². The first-order chi connectivity index (χ1) is 10.2. The molecule has 2 atom stereocenters. The summed E-state index contributed by atoms with van der Waals surface area (Å²) in [5.41, 5.74) is 0.687. The number of halogens is 1. The van der Waals surface area contributed by atoms with Gasteiger partial charge in [-0.25, -0.2) is 0 Å². The number of benzene rings is 1. The molecule has 7 nitrogen and oxygen atoms in total. The van der Waals surface area contributed by atoms with Crippen LogP contribution in [0.3, 0.4) is 0 Å². The Labute approximate surface area is 141 Å². The highest BCUT2D eigenvalue weighted by Gasteiger charge is 2.30. The molecular weight excluding hydrogens is 426 g/mol. The maximum Gasteiger partial charge on any atom is 0.329 e. The fourth-order valence-electron chi connectivity index (χ4n) is 1.68. The lowest BCUT2D eigenvalue weighted by Crippen LogP contribution is -2.20. The Kier molecular flexibility index (Phi) is 7.47. The van der Waals surface area contributed by atoms with Crippen LogP contribution < -0.4 is 0 Å². The van der Waals surface area contributed by atoms with Gasteiger partial charge in [0.1, 0.15) is 0 Å². The van der Waals surface area contributed by atoms with E-state index in [-0.39, 0.29) is 19.4 Å². The van der Waals surface area contributed by atoms with Gasteiger partial charge >= 0.3 is 19.5 Å². The van der Waals surface area contributed by atoms with Gasteiger partial charge in [-0.2, -0.15) is 0 Å². The molecule has 122 valence electrons. The van der Waals surface area contributed by atoms with E-state index in [9.17, 15) is 19.0 Å². The van der Waals surface area contributed by atoms with E-state index >= 15 is 0 Å². The van der Waals surface area contributed by atoms with E-state index in [1.165, 1.54) is 0 Å². The van der Waals surface area contributed by atoms with Gasteiger partial charge in [0.25, 0.3) is 0 Å². The summed E-state index contributed by atoms with van der Waals surface area (Å²) in [6.45, 7) is -0.115. The molecule has 2 unspecified atom stereocenters. The molecule has 1 aromatic carbocycles. The standard InChI is InChI=1S/C13H16IO7P/c14-11-4-1-9(2-5-11)7-21-22(19,20)8-10(13(17)18)3-6-12(15)16/h1-2,4-5,10H,3,6-8H2,(H,15,16)(H,17,18)(H,19,20). The third kappa shape index (κ3) is 7.35. The lowest BCUT2D eigenvalue weighted by Gasteiger charge is -2.16. The van der Waals surface area contributed by atoms with E-state index in [1.807, 2.05) is 12.1 Å².